The van der Waals surface area contributed by atoms with Crippen molar-refractivity contribution in [1.82, 2.24) is 34.3 Å². The number of aromatic nitrogens is 5. The van der Waals surface area contributed by atoms with Crippen LogP contribution in [-0.4, -0.2) is 99.6 Å². The largest absolute Gasteiger partial charge is 0.496 e. The molecule has 3 aromatic heterocycles. The van der Waals surface area contributed by atoms with Gasteiger partial charge in [-0.15, -0.1) is 5.10 Å². The first-order valence-corrected chi connectivity index (χ1v) is 18.3. The van der Waals surface area contributed by atoms with Crippen LogP contribution in [0.25, 0.3) is 27.6 Å². The van der Waals surface area contributed by atoms with Crippen LogP contribution < -0.4 is 14.4 Å². The Morgan fingerprint density at radius 1 is 0.925 bits per heavy atom. The number of pyridine rings is 1. The number of amides is 2. The van der Waals surface area contributed by atoms with Gasteiger partial charge in [0.15, 0.2) is 11.6 Å². The molecule has 0 radical (unpaired) electrons. The third kappa shape index (κ3) is 7.07. The Bertz CT molecular complexity index is 2170. The lowest BCUT2D eigenvalue weighted by Gasteiger charge is -2.36. The molecule has 8 rings (SSSR count). The van der Waals surface area contributed by atoms with Gasteiger partial charge in [0.25, 0.3) is 5.91 Å². The molecule has 2 aromatic carbocycles. The maximum atomic E-state index is 14.4. The van der Waals surface area contributed by atoms with Crippen molar-refractivity contribution in [1.29, 1.82) is 0 Å². The van der Waals surface area contributed by atoms with Crippen molar-refractivity contribution < 1.29 is 23.5 Å². The molecular weight excluding hydrogens is 675 g/mol. The molecule has 2 aliphatic heterocycles. The summed E-state index contributed by atoms with van der Waals surface area (Å²) >= 11 is 0. The van der Waals surface area contributed by atoms with E-state index in [1.165, 1.54) is 32.2 Å². The number of nitrogens with zero attached hydrogens (tertiary/aromatic N) is 8. The molecule has 3 aliphatic rings. The third-order valence-electron chi connectivity index (χ3n) is 10.5. The highest BCUT2D eigenvalue weighted by atomic mass is 19.1. The molecule has 1 saturated carbocycles. The zero-order valence-electron chi connectivity index (χ0n) is 30.1. The van der Waals surface area contributed by atoms with E-state index in [4.69, 9.17) is 9.47 Å². The van der Waals surface area contributed by atoms with Gasteiger partial charge in [-0.3, -0.25) is 14.3 Å². The number of fused-ring (bicyclic) bond motifs is 1. The number of piperazine rings is 1. The van der Waals surface area contributed by atoms with Crippen LogP contribution >= 0.6 is 0 Å². The number of para-hydroxylation sites is 1. The normalized spacial score (nSPS) is 16.2. The number of ether oxygens (including phenoxy) is 2. The van der Waals surface area contributed by atoms with Gasteiger partial charge in [-0.05, 0) is 55.0 Å². The first-order chi connectivity index (χ1) is 25.9. The number of carbonyl (C=O) groups is 2. The SMILES string of the molecule is COc1ccccc1-c1cc(C(=O)N2CCN(c3ncc(F)cc3OC)CC2)cc2cc(C3=CCCN(C(=O)CCn4ccnn4)C3)n(CC3CC3)c12. The maximum absolute atomic E-state index is 14.4. The number of halogens is 1. The minimum atomic E-state index is -0.459. The van der Waals surface area contributed by atoms with Crippen LogP contribution in [0.15, 0.2) is 73.2 Å². The zero-order valence-corrected chi connectivity index (χ0v) is 30.1. The van der Waals surface area contributed by atoms with Crippen molar-refractivity contribution in [3.05, 3.63) is 90.3 Å². The molecular formula is C40H43FN8O4. The summed E-state index contributed by atoms with van der Waals surface area (Å²) < 4.78 is 29.2. The van der Waals surface area contributed by atoms with E-state index >= 15 is 0 Å². The van der Waals surface area contributed by atoms with E-state index < -0.39 is 5.82 Å². The van der Waals surface area contributed by atoms with Crippen LogP contribution in [-0.2, 0) is 17.9 Å². The maximum Gasteiger partial charge on any atom is 0.254 e. The molecule has 53 heavy (non-hydrogen) atoms. The average molecular weight is 719 g/mol. The average Bonchev–Trinajstić information content (AvgIpc) is 3.72. The number of methoxy groups -OCH3 is 2. The number of benzene rings is 2. The second-order valence-electron chi connectivity index (χ2n) is 14.0. The minimum absolute atomic E-state index is 0.0562. The molecule has 2 amide bonds. The van der Waals surface area contributed by atoms with Gasteiger partial charge in [0.05, 0.1) is 38.7 Å². The Labute approximate surface area is 307 Å². The Balaban J connectivity index is 1.13. The predicted molar refractivity (Wildman–Crippen MR) is 199 cm³/mol. The fourth-order valence-corrected chi connectivity index (χ4v) is 7.59. The molecule has 5 aromatic rings. The van der Waals surface area contributed by atoms with Crippen molar-refractivity contribution in [2.75, 3.05) is 58.4 Å². The van der Waals surface area contributed by atoms with Crippen LogP contribution in [0.2, 0.25) is 0 Å². The number of rotatable bonds is 11. The lowest BCUT2D eigenvalue weighted by atomic mass is 9.98. The number of aryl methyl sites for hydroxylation is 1. The first-order valence-electron chi connectivity index (χ1n) is 18.3. The van der Waals surface area contributed by atoms with Gasteiger partial charge in [0.2, 0.25) is 5.91 Å². The van der Waals surface area contributed by atoms with Crippen LogP contribution in [0.3, 0.4) is 0 Å². The second kappa shape index (κ2) is 14.7. The Morgan fingerprint density at radius 2 is 1.74 bits per heavy atom. The van der Waals surface area contributed by atoms with E-state index in [1.807, 2.05) is 51.1 Å². The molecule has 0 spiro atoms. The van der Waals surface area contributed by atoms with E-state index in [-0.39, 0.29) is 11.8 Å². The Morgan fingerprint density at radius 3 is 2.49 bits per heavy atom. The van der Waals surface area contributed by atoms with E-state index in [2.05, 4.69) is 32.0 Å². The highest BCUT2D eigenvalue weighted by Crippen LogP contribution is 2.42. The lowest BCUT2D eigenvalue weighted by molar-refractivity contribution is -0.131. The van der Waals surface area contributed by atoms with Crippen molar-refractivity contribution in [3.8, 4) is 22.6 Å². The third-order valence-corrected chi connectivity index (χ3v) is 10.5. The predicted octanol–water partition coefficient (Wildman–Crippen LogP) is 5.53. The molecule has 274 valence electrons. The van der Waals surface area contributed by atoms with Crippen LogP contribution in [0, 0.1) is 11.7 Å². The van der Waals surface area contributed by atoms with Gasteiger partial charge < -0.3 is 28.7 Å². The molecule has 1 saturated heterocycles. The molecule has 0 atom stereocenters. The number of anilines is 1. The number of hydrogen-bond donors (Lipinski definition) is 0. The van der Waals surface area contributed by atoms with Crippen LogP contribution in [0.5, 0.6) is 11.5 Å². The van der Waals surface area contributed by atoms with Crippen LogP contribution in [0.1, 0.15) is 41.7 Å². The molecule has 0 bridgehead atoms. The van der Waals surface area contributed by atoms with E-state index in [9.17, 15) is 14.0 Å². The second-order valence-corrected chi connectivity index (χ2v) is 14.0. The monoisotopic (exact) mass is 718 g/mol. The molecule has 1 aliphatic carbocycles. The first kappa shape index (κ1) is 34.4. The van der Waals surface area contributed by atoms with E-state index in [0.29, 0.717) is 75.3 Å². The van der Waals surface area contributed by atoms with Crippen LogP contribution in [0.4, 0.5) is 10.2 Å². The molecule has 0 N–H and O–H groups in total. The van der Waals surface area contributed by atoms with Gasteiger partial charge in [-0.1, -0.05) is 29.5 Å². The molecule has 12 nitrogen and oxygen atoms in total. The lowest BCUT2D eigenvalue weighted by Crippen LogP contribution is -2.49. The van der Waals surface area contributed by atoms with Gasteiger partial charge in [-0.25, -0.2) is 9.37 Å². The smallest absolute Gasteiger partial charge is 0.254 e. The quantitative estimate of drug-likeness (QED) is 0.176. The summed E-state index contributed by atoms with van der Waals surface area (Å²) in [6.07, 6.45) is 10.3. The van der Waals surface area contributed by atoms with Crippen molar-refractivity contribution in [3.63, 3.8) is 0 Å². The minimum Gasteiger partial charge on any atom is -0.496 e. The fourth-order valence-electron chi connectivity index (χ4n) is 7.59. The summed E-state index contributed by atoms with van der Waals surface area (Å²) in [5.41, 5.74) is 5.70. The van der Waals surface area contributed by atoms with Crippen molar-refractivity contribution >= 4 is 34.1 Å². The summed E-state index contributed by atoms with van der Waals surface area (Å²) in [6.45, 7) is 4.56. The fraction of sp³-hybridized carbons (Fsp3) is 0.375. The molecule has 5 heterocycles. The summed E-state index contributed by atoms with van der Waals surface area (Å²) in [7, 11) is 3.17. The summed E-state index contributed by atoms with van der Waals surface area (Å²) in [4.78, 5) is 37.9. The summed E-state index contributed by atoms with van der Waals surface area (Å²) in [5.74, 6) is 1.82. The Kier molecular flexibility index (Phi) is 9.55. The van der Waals surface area contributed by atoms with Gasteiger partial charge in [0.1, 0.15) is 11.6 Å². The van der Waals surface area contributed by atoms with Crippen molar-refractivity contribution in [2.24, 2.45) is 5.92 Å². The van der Waals surface area contributed by atoms with Crippen molar-refractivity contribution in [2.45, 2.75) is 38.8 Å². The van der Waals surface area contributed by atoms with E-state index in [0.717, 1.165) is 52.0 Å². The molecule has 0 unspecified atom stereocenters. The highest BCUT2D eigenvalue weighted by molar-refractivity contribution is 6.06. The van der Waals surface area contributed by atoms with Gasteiger partial charge >= 0.3 is 0 Å². The number of hydrogen-bond acceptors (Lipinski definition) is 8. The molecule has 2 fully saturated rings. The summed E-state index contributed by atoms with van der Waals surface area (Å²) in [6, 6.07) is 15.5. The Hall–Kier alpha value is -5.72. The molecule has 13 heteroatoms. The zero-order chi connectivity index (χ0) is 36.5. The highest BCUT2D eigenvalue weighted by Gasteiger charge is 2.30. The standard InChI is InChI=1S/C40H43FN8O4/c1-52-35-8-4-3-7-32(35)33-21-30(40(51)46-18-16-45(17-19-46)39-36(53-2)23-31(41)24-42-39)20-29-22-34(49(38(29)33)25-27-9-10-27)28-6-5-13-47(26-28)37(50)11-14-48-15-12-43-44-48/h3-4,6-8,12,15,20-24,27H,5,9-11,13-14,16-19,25-26H2,1-2H3. The van der Waals surface area contributed by atoms with E-state index in [1.54, 1.807) is 24.2 Å². The topological polar surface area (TPSA) is 111 Å². The summed E-state index contributed by atoms with van der Waals surface area (Å²) in [5, 5.41) is 8.84. The number of carbonyl (C=O) groups excluding carboxylic acids is 2. The van der Waals surface area contributed by atoms with Gasteiger partial charge in [-0.2, -0.15) is 0 Å². The van der Waals surface area contributed by atoms with Gasteiger partial charge in [0, 0.05) is 92.3 Å².